The SMILES string of the molecule is CC(C=O)[C@H]1C=C[C@@H](c2ccccc2)OC1. The van der Waals surface area contributed by atoms with Gasteiger partial charge in [0.1, 0.15) is 12.4 Å². The summed E-state index contributed by atoms with van der Waals surface area (Å²) in [4.78, 5) is 10.7. The van der Waals surface area contributed by atoms with Crippen LogP contribution in [0, 0.1) is 11.8 Å². The van der Waals surface area contributed by atoms with E-state index in [1.165, 1.54) is 0 Å². The number of benzene rings is 1. The Labute approximate surface area is 95.9 Å². The lowest BCUT2D eigenvalue weighted by molar-refractivity contribution is -0.112. The summed E-state index contributed by atoms with van der Waals surface area (Å²) in [6.45, 7) is 2.55. The van der Waals surface area contributed by atoms with E-state index in [-0.39, 0.29) is 17.9 Å². The van der Waals surface area contributed by atoms with Crippen molar-refractivity contribution < 1.29 is 9.53 Å². The van der Waals surface area contributed by atoms with Crippen LogP contribution in [0.1, 0.15) is 18.6 Å². The first kappa shape index (κ1) is 11.1. The van der Waals surface area contributed by atoms with E-state index in [9.17, 15) is 4.79 Å². The van der Waals surface area contributed by atoms with Gasteiger partial charge in [-0.2, -0.15) is 0 Å². The van der Waals surface area contributed by atoms with Gasteiger partial charge in [-0.15, -0.1) is 0 Å². The van der Waals surface area contributed by atoms with E-state index in [0.29, 0.717) is 6.61 Å². The summed E-state index contributed by atoms with van der Waals surface area (Å²) in [5.41, 5.74) is 1.16. The molecule has 84 valence electrons. The smallest absolute Gasteiger partial charge is 0.123 e. The molecule has 16 heavy (non-hydrogen) atoms. The third-order valence-electron chi connectivity index (χ3n) is 3.02. The summed E-state index contributed by atoms with van der Waals surface area (Å²) < 4.78 is 5.75. The second-order valence-corrected chi connectivity index (χ2v) is 4.21. The van der Waals surface area contributed by atoms with Gasteiger partial charge in [-0.1, -0.05) is 49.4 Å². The van der Waals surface area contributed by atoms with Crippen LogP contribution in [0.3, 0.4) is 0 Å². The third kappa shape index (κ3) is 2.39. The number of carbonyl (C=O) groups is 1. The Morgan fingerprint density at radius 2 is 2.06 bits per heavy atom. The van der Waals surface area contributed by atoms with Crippen LogP contribution in [0.4, 0.5) is 0 Å². The number of rotatable bonds is 3. The van der Waals surface area contributed by atoms with E-state index < -0.39 is 0 Å². The highest BCUT2D eigenvalue weighted by Crippen LogP contribution is 2.27. The summed E-state index contributed by atoms with van der Waals surface area (Å²) in [6, 6.07) is 10.1. The Morgan fingerprint density at radius 1 is 1.31 bits per heavy atom. The molecule has 0 aliphatic carbocycles. The molecule has 2 rings (SSSR count). The lowest BCUT2D eigenvalue weighted by Gasteiger charge is -2.25. The Hall–Kier alpha value is -1.41. The minimum absolute atomic E-state index is 0.0352. The average molecular weight is 216 g/mol. The molecule has 2 nitrogen and oxygen atoms in total. The normalized spacial score (nSPS) is 26.3. The average Bonchev–Trinajstić information content (AvgIpc) is 2.39. The monoisotopic (exact) mass is 216 g/mol. The van der Waals surface area contributed by atoms with Crippen molar-refractivity contribution in [3.05, 3.63) is 48.0 Å². The molecule has 0 amide bonds. The molecule has 2 heteroatoms. The molecule has 0 bridgehead atoms. The highest BCUT2D eigenvalue weighted by Gasteiger charge is 2.21. The molecule has 0 radical (unpaired) electrons. The van der Waals surface area contributed by atoms with Gasteiger partial charge < -0.3 is 9.53 Å². The number of hydrogen-bond donors (Lipinski definition) is 0. The lowest BCUT2D eigenvalue weighted by atomic mass is 9.92. The predicted octanol–water partition coefficient (Wildman–Crippen LogP) is 2.77. The van der Waals surface area contributed by atoms with Crippen molar-refractivity contribution in [2.75, 3.05) is 6.61 Å². The molecule has 1 heterocycles. The van der Waals surface area contributed by atoms with Gasteiger partial charge in [-0.05, 0) is 5.56 Å². The molecular weight excluding hydrogens is 200 g/mol. The van der Waals surface area contributed by atoms with Crippen LogP contribution in [-0.4, -0.2) is 12.9 Å². The topological polar surface area (TPSA) is 26.3 Å². The van der Waals surface area contributed by atoms with Crippen LogP contribution in [0.15, 0.2) is 42.5 Å². The zero-order valence-corrected chi connectivity index (χ0v) is 9.37. The number of hydrogen-bond acceptors (Lipinski definition) is 2. The standard InChI is InChI=1S/C14H16O2/c1-11(9-15)13-7-8-14(16-10-13)12-5-3-2-4-6-12/h2-9,11,13-14H,10H2,1H3/t11?,13-,14-/m0/s1. The first-order valence-corrected chi connectivity index (χ1v) is 5.61. The maximum absolute atomic E-state index is 10.7. The molecule has 1 aromatic rings. The van der Waals surface area contributed by atoms with E-state index in [1.807, 2.05) is 31.2 Å². The molecule has 0 saturated heterocycles. The van der Waals surface area contributed by atoms with E-state index in [0.717, 1.165) is 11.8 Å². The second kappa shape index (κ2) is 5.08. The second-order valence-electron chi connectivity index (χ2n) is 4.21. The van der Waals surface area contributed by atoms with E-state index in [4.69, 9.17) is 4.74 Å². The minimum atomic E-state index is 0.0352. The summed E-state index contributed by atoms with van der Waals surface area (Å²) >= 11 is 0. The summed E-state index contributed by atoms with van der Waals surface area (Å²) in [5, 5.41) is 0. The molecule has 0 saturated carbocycles. The summed E-state index contributed by atoms with van der Waals surface area (Å²) in [7, 11) is 0. The maximum atomic E-state index is 10.7. The van der Waals surface area contributed by atoms with Gasteiger partial charge in [0, 0.05) is 11.8 Å². The van der Waals surface area contributed by atoms with Crippen molar-refractivity contribution in [3.8, 4) is 0 Å². The van der Waals surface area contributed by atoms with Gasteiger partial charge in [-0.25, -0.2) is 0 Å². The molecule has 3 atom stereocenters. The van der Waals surface area contributed by atoms with Gasteiger partial charge in [0.15, 0.2) is 0 Å². The lowest BCUT2D eigenvalue weighted by Crippen LogP contribution is -2.22. The molecular formula is C14H16O2. The summed E-state index contributed by atoms with van der Waals surface area (Å²) in [5.74, 6) is 0.255. The highest BCUT2D eigenvalue weighted by molar-refractivity contribution is 5.54. The van der Waals surface area contributed by atoms with Gasteiger partial charge in [-0.3, -0.25) is 0 Å². The van der Waals surface area contributed by atoms with Crippen LogP contribution in [0.25, 0.3) is 0 Å². The van der Waals surface area contributed by atoms with Crippen molar-refractivity contribution >= 4 is 6.29 Å². The van der Waals surface area contributed by atoms with Crippen molar-refractivity contribution in [2.45, 2.75) is 13.0 Å². The molecule has 0 N–H and O–H groups in total. The first-order chi connectivity index (χ1) is 7.81. The van der Waals surface area contributed by atoms with Gasteiger partial charge >= 0.3 is 0 Å². The van der Waals surface area contributed by atoms with Crippen molar-refractivity contribution in [1.82, 2.24) is 0 Å². The molecule has 1 aromatic carbocycles. The molecule has 1 unspecified atom stereocenters. The molecule has 0 aromatic heterocycles. The van der Waals surface area contributed by atoms with E-state index in [2.05, 4.69) is 18.2 Å². The third-order valence-corrected chi connectivity index (χ3v) is 3.02. The largest absolute Gasteiger partial charge is 0.369 e. The van der Waals surface area contributed by atoms with Crippen LogP contribution in [0.2, 0.25) is 0 Å². The van der Waals surface area contributed by atoms with Gasteiger partial charge in [0.05, 0.1) is 6.61 Å². The Morgan fingerprint density at radius 3 is 2.62 bits per heavy atom. The predicted molar refractivity (Wildman–Crippen MR) is 63.0 cm³/mol. The Bertz CT molecular complexity index is 370. The minimum Gasteiger partial charge on any atom is -0.369 e. The van der Waals surface area contributed by atoms with Crippen LogP contribution < -0.4 is 0 Å². The summed E-state index contributed by atoms with van der Waals surface area (Å²) in [6.07, 6.45) is 5.17. The van der Waals surface area contributed by atoms with Crippen LogP contribution >= 0.6 is 0 Å². The zero-order valence-electron chi connectivity index (χ0n) is 9.37. The molecule has 1 aliphatic heterocycles. The van der Waals surface area contributed by atoms with Crippen LogP contribution in [0.5, 0.6) is 0 Å². The molecule has 1 aliphatic rings. The van der Waals surface area contributed by atoms with Gasteiger partial charge in [0.25, 0.3) is 0 Å². The number of aldehydes is 1. The molecule has 0 fully saturated rings. The van der Waals surface area contributed by atoms with Crippen molar-refractivity contribution in [1.29, 1.82) is 0 Å². The maximum Gasteiger partial charge on any atom is 0.123 e. The zero-order chi connectivity index (χ0) is 11.4. The van der Waals surface area contributed by atoms with Gasteiger partial charge in [0.2, 0.25) is 0 Å². The molecule has 0 spiro atoms. The van der Waals surface area contributed by atoms with Crippen molar-refractivity contribution in [2.24, 2.45) is 11.8 Å². The Kier molecular flexibility index (Phi) is 3.52. The van der Waals surface area contributed by atoms with Crippen molar-refractivity contribution in [3.63, 3.8) is 0 Å². The number of ether oxygens (including phenoxy) is 1. The number of carbonyl (C=O) groups excluding carboxylic acids is 1. The van der Waals surface area contributed by atoms with E-state index in [1.54, 1.807) is 0 Å². The fraction of sp³-hybridized carbons (Fsp3) is 0.357. The van der Waals surface area contributed by atoms with E-state index >= 15 is 0 Å². The van der Waals surface area contributed by atoms with Crippen LogP contribution in [-0.2, 0) is 9.53 Å². The quantitative estimate of drug-likeness (QED) is 0.573. The highest BCUT2D eigenvalue weighted by atomic mass is 16.5. The fourth-order valence-electron chi connectivity index (χ4n) is 1.85. The Balaban J connectivity index is 2.06. The first-order valence-electron chi connectivity index (χ1n) is 5.61. The fourth-order valence-corrected chi connectivity index (χ4v) is 1.85.